The first-order valence-corrected chi connectivity index (χ1v) is 6.64. The van der Waals surface area contributed by atoms with Gasteiger partial charge in [-0.2, -0.15) is 13.2 Å². The summed E-state index contributed by atoms with van der Waals surface area (Å²) in [5, 5.41) is 2.67. The molecule has 0 bridgehead atoms. The molecule has 0 unspecified atom stereocenters. The maximum Gasteiger partial charge on any atom is 0.418 e. The number of halogens is 3. The molecule has 3 N–H and O–H groups in total. The maximum atomic E-state index is 13.3. The molecule has 1 aliphatic heterocycles. The van der Waals surface area contributed by atoms with Gasteiger partial charge in [-0.25, -0.2) is 0 Å². The molecular weight excluding hydrogens is 283 g/mol. The third kappa shape index (κ3) is 2.83. The number of nitrogens with two attached hydrogens (primary N) is 1. The average molecular weight is 301 g/mol. The van der Waals surface area contributed by atoms with Crippen LogP contribution in [0.2, 0.25) is 0 Å². The molecule has 0 atom stereocenters. The van der Waals surface area contributed by atoms with Crippen molar-refractivity contribution < 1.29 is 18.0 Å². The average Bonchev–Trinajstić information content (AvgIpc) is 2.40. The number of nitrogens with one attached hydrogen (secondary N) is 1. The van der Waals surface area contributed by atoms with Gasteiger partial charge in [-0.3, -0.25) is 4.79 Å². The normalized spacial score (nSPS) is 18.6. The van der Waals surface area contributed by atoms with E-state index in [1.54, 1.807) is 19.9 Å². The lowest BCUT2D eigenvalue weighted by molar-refractivity contribution is -0.137. The van der Waals surface area contributed by atoms with E-state index in [2.05, 4.69) is 5.32 Å². The number of benzene rings is 1. The van der Waals surface area contributed by atoms with Gasteiger partial charge >= 0.3 is 6.18 Å². The highest BCUT2D eigenvalue weighted by atomic mass is 19.4. The van der Waals surface area contributed by atoms with E-state index < -0.39 is 17.3 Å². The summed E-state index contributed by atoms with van der Waals surface area (Å²) in [6, 6.07) is 4.01. The van der Waals surface area contributed by atoms with E-state index in [-0.39, 0.29) is 18.1 Å². The number of carbonyl (C=O) groups excluding carboxylic acids is 1. The highest BCUT2D eigenvalue weighted by molar-refractivity contribution is 5.90. The molecule has 0 aliphatic carbocycles. The Labute approximate surface area is 121 Å². The third-order valence-electron chi connectivity index (χ3n) is 3.74. The Hall–Kier alpha value is -1.76. The summed E-state index contributed by atoms with van der Waals surface area (Å²) in [5.74, 6) is -0.287. The van der Waals surface area contributed by atoms with Crippen LogP contribution in [0.3, 0.4) is 0 Å². The Bertz CT molecular complexity index is 555. The number of hydrogen-bond donors (Lipinski definition) is 2. The monoisotopic (exact) mass is 301 g/mol. The van der Waals surface area contributed by atoms with Crippen molar-refractivity contribution in [1.82, 2.24) is 5.32 Å². The number of anilines is 1. The van der Waals surface area contributed by atoms with Gasteiger partial charge in [0.05, 0.1) is 5.56 Å². The molecule has 7 heteroatoms. The molecule has 1 saturated heterocycles. The van der Waals surface area contributed by atoms with Gasteiger partial charge in [-0.1, -0.05) is 6.07 Å². The number of amides is 1. The molecule has 1 heterocycles. The first-order valence-electron chi connectivity index (χ1n) is 6.64. The van der Waals surface area contributed by atoms with Gasteiger partial charge in [0.1, 0.15) is 5.54 Å². The van der Waals surface area contributed by atoms with Crippen molar-refractivity contribution in [3.8, 4) is 0 Å². The molecule has 4 nitrogen and oxygen atoms in total. The van der Waals surface area contributed by atoms with Crippen molar-refractivity contribution in [2.75, 3.05) is 18.0 Å². The molecule has 116 valence electrons. The third-order valence-corrected chi connectivity index (χ3v) is 3.74. The fourth-order valence-electron chi connectivity index (χ4n) is 2.49. The molecule has 1 fully saturated rings. The van der Waals surface area contributed by atoms with Crippen molar-refractivity contribution in [3.63, 3.8) is 0 Å². The van der Waals surface area contributed by atoms with Crippen molar-refractivity contribution >= 4 is 11.6 Å². The van der Waals surface area contributed by atoms with Gasteiger partial charge in [0, 0.05) is 25.3 Å². The van der Waals surface area contributed by atoms with Crippen LogP contribution < -0.4 is 16.0 Å². The van der Waals surface area contributed by atoms with Gasteiger partial charge in [0.2, 0.25) is 5.91 Å². The topological polar surface area (TPSA) is 58.4 Å². The second-order valence-electron chi connectivity index (χ2n) is 5.52. The summed E-state index contributed by atoms with van der Waals surface area (Å²) in [6.45, 7) is 3.90. The lowest BCUT2D eigenvalue weighted by Gasteiger charge is -2.43. The van der Waals surface area contributed by atoms with Crippen LogP contribution in [-0.4, -0.2) is 24.5 Å². The van der Waals surface area contributed by atoms with Gasteiger partial charge in [0.15, 0.2) is 0 Å². The first-order chi connectivity index (χ1) is 9.67. The van der Waals surface area contributed by atoms with E-state index in [0.717, 1.165) is 6.07 Å². The van der Waals surface area contributed by atoms with Crippen LogP contribution >= 0.6 is 0 Å². The molecule has 1 amide bonds. The minimum atomic E-state index is -4.50. The van der Waals surface area contributed by atoms with Crippen LogP contribution in [0.25, 0.3) is 0 Å². The minimum Gasteiger partial charge on any atom is -0.355 e. The van der Waals surface area contributed by atoms with E-state index in [9.17, 15) is 18.0 Å². The van der Waals surface area contributed by atoms with Crippen LogP contribution in [0, 0.1) is 0 Å². The highest BCUT2D eigenvalue weighted by Gasteiger charge is 2.42. The predicted molar refractivity (Wildman–Crippen MR) is 73.8 cm³/mol. The summed E-state index contributed by atoms with van der Waals surface area (Å²) in [6.07, 6.45) is -4.50. The molecule has 0 aromatic heterocycles. The van der Waals surface area contributed by atoms with Gasteiger partial charge in [-0.05, 0) is 31.5 Å². The molecular formula is C14H18F3N3O. The standard InChI is InChI=1S/C14H18F3N3O/c1-13(2)12(21)19-5-6-20(13)11-4-3-9(8-18)7-10(11)14(15,16)17/h3-4,7H,5-6,8,18H2,1-2H3,(H,19,21). The highest BCUT2D eigenvalue weighted by Crippen LogP contribution is 2.39. The zero-order chi connectivity index (χ0) is 15.8. The van der Waals surface area contributed by atoms with Gasteiger partial charge < -0.3 is 16.0 Å². The number of nitrogens with zero attached hydrogens (tertiary/aromatic N) is 1. The quantitative estimate of drug-likeness (QED) is 0.877. The minimum absolute atomic E-state index is 0.0135. The van der Waals surface area contributed by atoms with Crippen LogP contribution in [0.15, 0.2) is 18.2 Å². The number of alkyl halides is 3. The van der Waals surface area contributed by atoms with E-state index in [1.807, 2.05) is 0 Å². The Balaban J connectivity index is 2.55. The molecule has 2 rings (SSSR count). The van der Waals surface area contributed by atoms with Crippen molar-refractivity contribution in [3.05, 3.63) is 29.3 Å². The van der Waals surface area contributed by atoms with Crippen LogP contribution in [0.4, 0.5) is 18.9 Å². The SMILES string of the molecule is CC1(C)C(=O)NCCN1c1ccc(CN)cc1C(F)(F)F. The fraction of sp³-hybridized carbons (Fsp3) is 0.500. The van der Waals surface area contributed by atoms with Crippen LogP contribution in [0.1, 0.15) is 25.0 Å². The van der Waals surface area contributed by atoms with E-state index >= 15 is 0 Å². The molecule has 0 radical (unpaired) electrons. The molecule has 1 aromatic carbocycles. The summed E-state index contributed by atoms with van der Waals surface area (Å²) in [7, 11) is 0. The smallest absolute Gasteiger partial charge is 0.355 e. The first kappa shape index (κ1) is 15.6. The van der Waals surface area contributed by atoms with Gasteiger partial charge in [-0.15, -0.1) is 0 Å². The van der Waals surface area contributed by atoms with Crippen molar-refractivity contribution in [1.29, 1.82) is 0 Å². The largest absolute Gasteiger partial charge is 0.418 e. The zero-order valence-corrected chi connectivity index (χ0v) is 11.9. The summed E-state index contributed by atoms with van der Waals surface area (Å²) >= 11 is 0. The summed E-state index contributed by atoms with van der Waals surface area (Å²) < 4.78 is 39.9. The second kappa shape index (κ2) is 5.22. The second-order valence-corrected chi connectivity index (χ2v) is 5.52. The Morgan fingerprint density at radius 2 is 2.05 bits per heavy atom. The van der Waals surface area contributed by atoms with Crippen LogP contribution in [-0.2, 0) is 17.5 Å². The van der Waals surface area contributed by atoms with Crippen LogP contribution in [0.5, 0.6) is 0 Å². The number of piperazine rings is 1. The maximum absolute atomic E-state index is 13.3. The summed E-state index contributed by atoms with van der Waals surface area (Å²) in [5.41, 5.74) is 4.05. The van der Waals surface area contributed by atoms with Gasteiger partial charge in [0.25, 0.3) is 0 Å². The number of hydrogen-bond acceptors (Lipinski definition) is 3. The Morgan fingerprint density at radius 1 is 1.38 bits per heavy atom. The lowest BCUT2D eigenvalue weighted by atomic mass is 9.95. The predicted octanol–water partition coefficient (Wildman–Crippen LogP) is 1.88. The van der Waals surface area contributed by atoms with Crippen molar-refractivity contribution in [2.24, 2.45) is 5.73 Å². The summed E-state index contributed by atoms with van der Waals surface area (Å²) in [4.78, 5) is 13.4. The number of carbonyl (C=O) groups is 1. The molecule has 1 aliphatic rings. The Morgan fingerprint density at radius 3 is 2.62 bits per heavy atom. The van der Waals surface area contributed by atoms with Crippen molar-refractivity contribution in [2.45, 2.75) is 32.1 Å². The fourth-order valence-corrected chi connectivity index (χ4v) is 2.49. The molecule has 0 saturated carbocycles. The molecule has 1 aromatic rings. The molecule has 0 spiro atoms. The lowest BCUT2D eigenvalue weighted by Crippen LogP contribution is -2.62. The molecule has 21 heavy (non-hydrogen) atoms. The zero-order valence-electron chi connectivity index (χ0n) is 11.9. The van der Waals surface area contributed by atoms with E-state index in [0.29, 0.717) is 18.7 Å². The number of rotatable bonds is 2. The Kier molecular flexibility index (Phi) is 3.88. The van der Waals surface area contributed by atoms with E-state index in [1.165, 1.54) is 11.0 Å². The van der Waals surface area contributed by atoms with E-state index in [4.69, 9.17) is 5.73 Å².